The van der Waals surface area contributed by atoms with Gasteiger partial charge in [-0.25, -0.2) is 0 Å². The summed E-state index contributed by atoms with van der Waals surface area (Å²) in [6, 6.07) is 7.57. The van der Waals surface area contributed by atoms with Crippen LogP contribution in [0.15, 0.2) is 24.3 Å². The van der Waals surface area contributed by atoms with Gasteiger partial charge in [0.05, 0.1) is 0 Å². The summed E-state index contributed by atoms with van der Waals surface area (Å²) in [6.45, 7) is 5.27. The highest BCUT2D eigenvalue weighted by atomic mass is 16.1. The normalized spacial score (nSPS) is 12.1. The lowest BCUT2D eigenvalue weighted by molar-refractivity contribution is 0.112. The zero-order valence-corrected chi connectivity index (χ0v) is 8.79. The van der Waals surface area contributed by atoms with Crippen molar-refractivity contribution in [3.8, 4) is 0 Å². The molecule has 14 heavy (non-hydrogen) atoms. The Kier molecular flexibility index (Phi) is 4.17. The fraction of sp³-hybridized carbons (Fsp3) is 0.417. The van der Waals surface area contributed by atoms with Crippen LogP contribution in [0.3, 0.4) is 0 Å². The number of hydrogen-bond acceptors (Lipinski definition) is 2. The highest BCUT2D eigenvalue weighted by Gasteiger charge is 2.01. The van der Waals surface area contributed by atoms with Gasteiger partial charge >= 0.3 is 0 Å². The van der Waals surface area contributed by atoms with Crippen LogP contribution in [0.2, 0.25) is 0 Å². The van der Waals surface area contributed by atoms with Crippen LogP contribution >= 0.6 is 0 Å². The maximum absolute atomic E-state index is 10.7. The standard InChI is InChI=1S/C12H17NO/c1-3-10(2)8-13-12-7-5-4-6-11(12)9-14/h4-7,9-10,13H,3,8H2,1-2H3. The Morgan fingerprint density at radius 3 is 2.79 bits per heavy atom. The molecule has 0 radical (unpaired) electrons. The van der Waals surface area contributed by atoms with Crippen molar-refractivity contribution in [3.63, 3.8) is 0 Å². The van der Waals surface area contributed by atoms with Crippen LogP contribution in [-0.4, -0.2) is 12.8 Å². The molecule has 2 heteroatoms. The van der Waals surface area contributed by atoms with Gasteiger partial charge in [-0.2, -0.15) is 0 Å². The second-order valence-corrected chi connectivity index (χ2v) is 3.60. The van der Waals surface area contributed by atoms with E-state index < -0.39 is 0 Å². The molecule has 1 rings (SSSR count). The summed E-state index contributed by atoms with van der Waals surface area (Å²) in [4.78, 5) is 10.7. The van der Waals surface area contributed by atoms with Crippen LogP contribution < -0.4 is 5.32 Å². The smallest absolute Gasteiger partial charge is 0.152 e. The van der Waals surface area contributed by atoms with E-state index in [4.69, 9.17) is 0 Å². The number of carbonyl (C=O) groups is 1. The number of nitrogens with one attached hydrogen (secondary N) is 1. The van der Waals surface area contributed by atoms with Crippen molar-refractivity contribution in [2.24, 2.45) is 5.92 Å². The van der Waals surface area contributed by atoms with E-state index in [0.717, 1.165) is 30.5 Å². The van der Waals surface area contributed by atoms with Crippen molar-refractivity contribution in [1.82, 2.24) is 0 Å². The number of benzene rings is 1. The van der Waals surface area contributed by atoms with Crippen LogP contribution in [0.25, 0.3) is 0 Å². The zero-order chi connectivity index (χ0) is 10.4. The van der Waals surface area contributed by atoms with E-state index in [0.29, 0.717) is 5.92 Å². The van der Waals surface area contributed by atoms with Crippen LogP contribution in [0.4, 0.5) is 5.69 Å². The van der Waals surface area contributed by atoms with E-state index in [1.165, 1.54) is 0 Å². The highest BCUT2D eigenvalue weighted by molar-refractivity contribution is 5.83. The third-order valence-corrected chi connectivity index (χ3v) is 2.43. The van der Waals surface area contributed by atoms with Crippen molar-refractivity contribution in [2.75, 3.05) is 11.9 Å². The maximum atomic E-state index is 10.7. The summed E-state index contributed by atoms with van der Waals surface area (Å²) >= 11 is 0. The SMILES string of the molecule is CCC(C)CNc1ccccc1C=O. The number of aldehydes is 1. The van der Waals surface area contributed by atoms with Crippen molar-refractivity contribution in [3.05, 3.63) is 29.8 Å². The van der Waals surface area contributed by atoms with E-state index in [9.17, 15) is 4.79 Å². The van der Waals surface area contributed by atoms with Gasteiger partial charge in [0.1, 0.15) is 0 Å². The molecule has 0 heterocycles. The first-order valence-electron chi connectivity index (χ1n) is 5.06. The first-order valence-corrected chi connectivity index (χ1v) is 5.06. The third-order valence-electron chi connectivity index (χ3n) is 2.43. The number of rotatable bonds is 5. The molecule has 0 amide bonds. The first kappa shape index (κ1) is 10.8. The van der Waals surface area contributed by atoms with Gasteiger partial charge < -0.3 is 5.32 Å². The summed E-state index contributed by atoms with van der Waals surface area (Å²) in [5, 5.41) is 3.28. The highest BCUT2D eigenvalue weighted by Crippen LogP contribution is 2.13. The summed E-state index contributed by atoms with van der Waals surface area (Å²) in [5.74, 6) is 0.634. The molecule has 76 valence electrons. The van der Waals surface area contributed by atoms with Gasteiger partial charge in [0.15, 0.2) is 6.29 Å². The Morgan fingerprint density at radius 2 is 2.14 bits per heavy atom. The fourth-order valence-electron chi connectivity index (χ4n) is 1.19. The number of carbonyl (C=O) groups excluding carboxylic acids is 1. The molecule has 1 unspecified atom stereocenters. The minimum atomic E-state index is 0.634. The topological polar surface area (TPSA) is 29.1 Å². The van der Waals surface area contributed by atoms with Crippen LogP contribution in [0, 0.1) is 5.92 Å². The third kappa shape index (κ3) is 2.87. The van der Waals surface area contributed by atoms with Gasteiger partial charge in [0.2, 0.25) is 0 Å². The Hall–Kier alpha value is -1.31. The van der Waals surface area contributed by atoms with Gasteiger partial charge in [-0.15, -0.1) is 0 Å². The Bertz CT molecular complexity index is 296. The molecule has 0 fully saturated rings. The van der Waals surface area contributed by atoms with Crippen LogP contribution in [-0.2, 0) is 0 Å². The van der Waals surface area contributed by atoms with Gasteiger partial charge in [0.25, 0.3) is 0 Å². The van der Waals surface area contributed by atoms with Gasteiger partial charge in [0, 0.05) is 17.8 Å². The molecule has 1 N–H and O–H groups in total. The summed E-state index contributed by atoms with van der Waals surface area (Å²) < 4.78 is 0. The minimum Gasteiger partial charge on any atom is -0.384 e. The molecule has 0 aliphatic carbocycles. The van der Waals surface area contributed by atoms with E-state index in [1.54, 1.807) is 0 Å². The van der Waals surface area contributed by atoms with E-state index in [2.05, 4.69) is 19.2 Å². The van der Waals surface area contributed by atoms with Crippen LogP contribution in [0.5, 0.6) is 0 Å². The molecule has 0 saturated heterocycles. The Labute approximate surface area is 85.3 Å². The molecule has 0 spiro atoms. The van der Waals surface area contributed by atoms with E-state index in [-0.39, 0.29) is 0 Å². The molecule has 1 atom stereocenters. The summed E-state index contributed by atoms with van der Waals surface area (Å²) in [7, 11) is 0. The largest absolute Gasteiger partial charge is 0.384 e. The zero-order valence-electron chi connectivity index (χ0n) is 8.79. The Morgan fingerprint density at radius 1 is 1.43 bits per heavy atom. The molecule has 0 aliphatic heterocycles. The van der Waals surface area contributed by atoms with Gasteiger partial charge in [-0.3, -0.25) is 4.79 Å². The molecule has 2 nitrogen and oxygen atoms in total. The summed E-state index contributed by atoms with van der Waals surface area (Å²) in [5.41, 5.74) is 1.67. The van der Waals surface area contributed by atoms with E-state index in [1.807, 2.05) is 24.3 Å². The average Bonchev–Trinajstić information content (AvgIpc) is 2.26. The van der Waals surface area contributed by atoms with Crippen LogP contribution in [0.1, 0.15) is 30.6 Å². The quantitative estimate of drug-likeness (QED) is 0.725. The van der Waals surface area contributed by atoms with Gasteiger partial charge in [-0.05, 0) is 18.1 Å². The molecular formula is C12H17NO. The molecule has 0 aliphatic rings. The lowest BCUT2D eigenvalue weighted by atomic mass is 10.1. The molecule has 0 aromatic heterocycles. The lowest BCUT2D eigenvalue weighted by Crippen LogP contribution is -2.11. The number of anilines is 1. The first-order chi connectivity index (χ1) is 6.77. The van der Waals surface area contributed by atoms with E-state index >= 15 is 0 Å². The van der Waals surface area contributed by atoms with Crippen molar-refractivity contribution in [2.45, 2.75) is 20.3 Å². The lowest BCUT2D eigenvalue weighted by Gasteiger charge is -2.12. The molecular weight excluding hydrogens is 174 g/mol. The molecule has 1 aromatic rings. The Balaban J connectivity index is 2.61. The van der Waals surface area contributed by atoms with Gasteiger partial charge in [-0.1, -0.05) is 32.4 Å². The van der Waals surface area contributed by atoms with Crippen molar-refractivity contribution < 1.29 is 4.79 Å². The average molecular weight is 191 g/mol. The monoisotopic (exact) mass is 191 g/mol. The predicted octanol–water partition coefficient (Wildman–Crippen LogP) is 2.96. The molecule has 0 saturated carbocycles. The fourth-order valence-corrected chi connectivity index (χ4v) is 1.19. The maximum Gasteiger partial charge on any atom is 0.152 e. The number of hydrogen-bond donors (Lipinski definition) is 1. The summed E-state index contributed by atoms with van der Waals surface area (Å²) in [6.07, 6.45) is 2.04. The van der Waals surface area contributed by atoms with Crippen molar-refractivity contribution >= 4 is 12.0 Å². The second kappa shape index (κ2) is 5.43. The second-order valence-electron chi connectivity index (χ2n) is 3.60. The predicted molar refractivity (Wildman–Crippen MR) is 59.8 cm³/mol. The molecule has 1 aromatic carbocycles. The minimum absolute atomic E-state index is 0.634. The van der Waals surface area contributed by atoms with Crippen molar-refractivity contribution in [1.29, 1.82) is 0 Å². The molecule has 0 bridgehead atoms. The number of para-hydroxylation sites is 1.